The maximum absolute atomic E-state index is 6.02. The fourth-order valence-corrected chi connectivity index (χ4v) is 3.45. The zero-order valence-corrected chi connectivity index (χ0v) is 14.3. The quantitative estimate of drug-likeness (QED) is 0.659. The lowest BCUT2D eigenvalue weighted by Crippen LogP contribution is -2.49. The molecule has 5 heteroatoms. The highest BCUT2D eigenvalue weighted by molar-refractivity contribution is 5.92. The van der Waals surface area contributed by atoms with Crippen LogP contribution >= 0.6 is 0 Å². The third-order valence-corrected chi connectivity index (χ3v) is 4.57. The molecule has 23 heavy (non-hydrogen) atoms. The third-order valence-electron chi connectivity index (χ3n) is 4.57. The SMILES string of the molecule is CC1(C)CN(CCN=C(N)Nc2ccc3c(c2)CCC3)CCO1. The first-order chi connectivity index (χ1) is 11.0. The van der Waals surface area contributed by atoms with Crippen molar-refractivity contribution < 1.29 is 4.74 Å². The molecular weight excluding hydrogens is 288 g/mol. The van der Waals surface area contributed by atoms with Crippen LogP contribution in [0.1, 0.15) is 31.4 Å². The van der Waals surface area contributed by atoms with Gasteiger partial charge in [0.15, 0.2) is 5.96 Å². The predicted molar refractivity (Wildman–Crippen MR) is 95.1 cm³/mol. The second-order valence-corrected chi connectivity index (χ2v) is 7.11. The summed E-state index contributed by atoms with van der Waals surface area (Å²) < 4.78 is 5.72. The molecular formula is C18H28N4O. The van der Waals surface area contributed by atoms with Crippen molar-refractivity contribution in [3.8, 4) is 0 Å². The van der Waals surface area contributed by atoms with Gasteiger partial charge in [0.2, 0.25) is 0 Å². The number of aryl methyl sites for hydroxylation is 2. The molecule has 3 N–H and O–H groups in total. The van der Waals surface area contributed by atoms with Crippen LogP contribution in [0.4, 0.5) is 5.69 Å². The molecule has 3 rings (SSSR count). The summed E-state index contributed by atoms with van der Waals surface area (Å²) in [5.74, 6) is 0.496. The maximum atomic E-state index is 6.02. The number of nitrogens with two attached hydrogens (primary N) is 1. The van der Waals surface area contributed by atoms with Gasteiger partial charge in [-0.2, -0.15) is 0 Å². The van der Waals surface area contributed by atoms with Crippen LogP contribution in [0.5, 0.6) is 0 Å². The number of fused-ring (bicyclic) bond motifs is 1. The van der Waals surface area contributed by atoms with E-state index in [9.17, 15) is 0 Å². The largest absolute Gasteiger partial charge is 0.373 e. The lowest BCUT2D eigenvalue weighted by molar-refractivity contribution is -0.0850. The smallest absolute Gasteiger partial charge is 0.193 e. The zero-order valence-electron chi connectivity index (χ0n) is 14.3. The van der Waals surface area contributed by atoms with Crippen molar-refractivity contribution in [1.82, 2.24) is 4.90 Å². The summed E-state index contributed by atoms with van der Waals surface area (Å²) in [7, 11) is 0. The number of nitrogens with zero attached hydrogens (tertiary/aromatic N) is 2. The molecule has 0 atom stereocenters. The van der Waals surface area contributed by atoms with Gasteiger partial charge in [0.1, 0.15) is 0 Å². The van der Waals surface area contributed by atoms with Gasteiger partial charge in [-0.3, -0.25) is 9.89 Å². The molecule has 1 aliphatic carbocycles. The standard InChI is InChI=1S/C18H28N4O/c1-18(2)13-22(10-11-23-18)9-8-20-17(19)21-16-7-6-14-4-3-5-15(14)12-16/h6-7,12H,3-5,8-11,13H2,1-2H3,(H3,19,20,21). The molecule has 1 aliphatic heterocycles. The van der Waals surface area contributed by atoms with Gasteiger partial charge in [0, 0.05) is 25.3 Å². The Morgan fingerprint density at radius 3 is 3.00 bits per heavy atom. The lowest BCUT2D eigenvalue weighted by Gasteiger charge is -2.37. The highest BCUT2D eigenvalue weighted by atomic mass is 16.5. The van der Waals surface area contributed by atoms with Gasteiger partial charge < -0.3 is 15.8 Å². The Bertz CT molecular complexity index is 582. The van der Waals surface area contributed by atoms with Crippen molar-refractivity contribution in [2.45, 2.75) is 38.7 Å². The van der Waals surface area contributed by atoms with Gasteiger partial charge in [-0.05, 0) is 56.4 Å². The first-order valence-corrected chi connectivity index (χ1v) is 8.57. The zero-order chi connectivity index (χ0) is 16.3. The van der Waals surface area contributed by atoms with Crippen molar-refractivity contribution in [2.24, 2.45) is 10.7 Å². The van der Waals surface area contributed by atoms with E-state index in [2.05, 4.69) is 47.3 Å². The normalized spacial score (nSPS) is 21.2. The monoisotopic (exact) mass is 316 g/mol. The Morgan fingerprint density at radius 1 is 1.35 bits per heavy atom. The van der Waals surface area contributed by atoms with Gasteiger partial charge in [-0.1, -0.05) is 6.07 Å². The third kappa shape index (κ3) is 4.45. The summed E-state index contributed by atoms with van der Waals surface area (Å²) in [5.41, 5.74) is 9.91. The van der Waals surface area contributed by atoms with E-state index in [1.165, 1.54) is 30.4 Å². The number of benzene rings is 1. The van der Waals surface area contributed by atoms with Crippen molar-refractivity contribution >= 4 is 11.6 Å². The average molecular weight is 316 g/mol. The first kappa shape index (κ1) is 16.3. The van der Waals surface area contributed by atoms with Crippen LogP contribution in [0.25, 0.3) is 0 Å². The van der Waals surface area contributed by atoms with E-state index >= 15 is 0 Å². The fraction of sp³-hybridized carbons (Fsp3) is 0.611. The molecule has 0 saturated carbocycles. The molecule has 5 nitrogen and oxygen atoms in total. The number of nitrogens with one attached hydrogen (secondary N) is 1. The number of guanidine groups is 1. The minimum Gasteiger partial charge on any atom is -0.373 e. The van der Waals surface area contributed by atoms with Crippen molar-refractivity contribution in [2.75, 3.05) is 38.1 Å². The van der Waals surface area contributed by atoms with Gasteiger partial charge in [-0.15, -0.1) is 0 Å². The summed E-state index contributed by atoms with van der Waals surface area (Å²) in [6.45, 7) is 8.59. The van der Waals surface area contributed by atoms with Crippen LogP contribution in [0.3, 0.4) is 0 Å². The van der Waals surface area contributed by atoms with Crippen molar-refractivity contribution in [3.63, 3.8) is 0 Å². The van der Waals surface area contributed by atoms with E-state index < -0.39 is 0 Å². The molecule has 0 aromatic heterocycles. The molecule has 0 amide bonds. The molecule has 1 fully saturated rings. The van der Waals surface area contributed by atoms with Gasteiger partial charge in [0.05, 0.1) is 18.8 Å². The summed E-state index contributed by atoms with van der Waals surface area (Å²) >= 11 is 0. The summed E-state index contributed by atoms with van der Waals surface area (Å²) in [5, 5.41) is 3.21. The number of rotatable bonds is 4. The molecule has 1 saturated heterocycles. The molecule has 126 valence electrons. The minimum absolute atomic E-state index is 0.0593. The molecule has 1 heterocycles. The summed E-state index contributed by atoms with van der Waals surface area (Å²) in [6, 6.07) is 6.50. The van der Waals surface area contributed by atoms with Crippen molar-refractivity contribution in [1.29, 1.82) is 0 Å². The van der Waals surface area contributed by atoms with E-state index in [0.717, 1.165) is 31.9 Å². The maximum Gasteiger partial charge on any atom is 0.193 e. The van der Waals surface area contributed by atoms with E-state index in [-0.39, 0.29) is 5.60 Å². The Morgan fingerprint density at radius 2 is 2.17 bits per heavy atom. The van der Waals surface area contributed by atoms with Gasteiger partial charge in [-0.25, -0.2) is 0 Å². The number of hydrogen-bond donors (Lipinski definition) is 2. The Hall–Kier alpha value is -1.59. The number of ether oxygens (including phenoxy) is 1. The molecule has 0 spiro atoms. The molecule has 1 aromatic rings. The van der Waals surface area contributed by atoms with Gasteiger partial charge >= 0.3 is 0 Å². The highest BCUT2D eigenvalue weighted by Gasteiger charge is 2.26. The van der Waals surface area contributed by atoms with Crippen LogP contribution in [-0.2, 0) is 17.6 Å². The predicted octanol–water partition coefficient (Wildman–Crippen LogP) is 2.01. The number of morpholine rings is 1. The summed E-state index contributed by atoms with van der Waals surface area (Å²) in [4.78, 5) is 6.84. The number of hydrogen-bond acceptors (Lipinski definition) is 3. The lowest BCUT2D eigenvalue weighted by atomic mass is 10.1. The summed E-state index contributed by atoms with van der Waals surface area (Å²) in [6.07, 6.45) is 3.64. The fourth-order valence-electron chi connectivity index (χ4n) is 3.45. The molecule has 1 aromatic carbocycles. The van der Waals surface area contributed by atoms with E-state index in [1.54, 1.807) is 0 Å². The van der Waals surface area contributed by atoms with Crippen LogP contribution in [0.15, 0.2) is 23.2 Å². The van der Waals surface area contributed by atoms with Crippen LogP contribution in [0, 0.1) is 0 Å². The van der Waals surface area contributed by atoms with E-state index in [1.807, 2.05) is 0 Å². The first-order valence-electron chi connectivity index (χ1n) is 8.57. The molecule has 0 radical (unpaired) electrons. The topological polar surface area (TPSA) is 62.9 Å². The Labute approximate surface area is 138 Å². The molecule has 0 bridgehead atoms. The Balaban J connectivity index is 1.48. The van der Waals surface area contributed by atoms with Crippen molar-refractivity contribution in [3.05, 3.63) is 29.3 Å². The molecule has 2 aliphatic rings. The van der Waals surface area contributed by atoms with Crippen LogP contribution in [-0.4, -0.2) is 49.2 Å². The van der Waals surface area contributed by atoms with E-state index in [4.69, 9.17) is 10.5 Å². The number of anilines is 1. The van der Waals surface area contributed by atoms with Crippen LogP contribution < -0.4 is 11.1 Å². The van der Waals surface area contributed by atoms with Gasteiger partial charge in [0.25, 0.3) is 0 Å². The average Bonchev–Trinajstić information content (AvgIpc) is 2.93. The Kier molecular flexibility index (Phi) is 4.87. The second-order valence-electron chi connectivity index (χ2n) is 7.11. The van der Waals surface area contributed by atoms with Crippen LogP contribution in [0.2, 0.25) is 0 Å². The molecule has 0 unspecified atom stereocenters. The van der Waals surface area contributed by atoms with E-state index in [0.29, 0.717) is 12.5 Å². The minimum atomic E-state index is -0.0593. The highest BCUT2D eigenvalue weighted by Crippen LogP contribution is 2.24. The number of aliphatic imine (C=N–C) groups is 1. The second kappa shape index (κ2) is 6.89.